The third kappa shape index (κ3) is 33.1. The molecule has 0 aromatic carbocycles. The van der Waals surface area contributed by atoms with Gasteiger partial charge in [0.25, 0.3) is 0 Å². The molecule has 12 heavy (non-hydrogen) atoms. The number of rotatable bonds is 5. The minimum atomic E-state index is 0. The van der Waals surface area contributed by atoms with E-state index < -0.39 is 0 Å². The summed E-state index contributed by atoms with van der Waals surface area (Å²) in [6.07, 6.45) is 4.79. The SMILES string of the molecule is NCCCCCCN.O.O.O.O. The lowest BCUT2D eigenvalue weighted by Crippen LogP contribution is -2.00. The molecule has 0 saturated heterocycles. The smallest absolute Gasteiger partial charge is 0.00773 e. The highest BCUT2D eigenvalue weighted by Gasteiger charge is 1.83. The maximum atomic E-state index is 5.28. The Balaban J connectivity index is -0.0000000408. The van der Waals surface area contributed by atoms with Gasteiger partial charge in [-0.2, -0.15) is 0 Å². The van der Waals surface area contributed by atoms with Gasteiger partial charge in [0.1, 0.15) is 0 Å². The van der Waals surface area contributed by atoms with Gasteiger partial charge >= 0.3 is 0 Å². The van der Waals surface area contributed by atoms with Crippen LogP contribution in [0.5, 0.6) is 0 Å². The third-order valence-electron chi connectivity index (χ3n) is 1.16. The van der Waals surface area contributed by atoms with E-state index in [9.17, 15) is 0 Å². The monoisotopic (exact) mass is 188 g/mol. The Labute approximate surface area is 73.2 Å². The Hall–Kier alpha value is -0.240. The second-order valence-corrected chi connectivity index (χ2v) is 1.99. The van der Waals surface area contributed by atoms with Crippen molar-refractivity contribution in [2.75, 3.05) is 13.1 Å². The molecule has 0 aromatic heterocycles. The van der Waals surface area contributed by atoms with Crippen molar-refractivity contribution in [3.63, 3.8) is 0 Å². The molecule has 0 saturated carbocycles. The molecule has 0 radical (unpaired) electrons. The van der Waals surface area contributed by atoms with Gasteiger partial charge in [0.2, 0.25) is 0 Å². The van der Waals surface area contributed by atoms with Crippen LogP contribution in [0.15, 0.2) is 0 Å². The Morgan fingerprint density at radius 1 is 0.500 bits per heavy atom. The molecule has 82 valence electrons. The predicted molar refractivity (Wildman–Crippen MR) is 51.0 cm³/mol. The fourth-order valence-corrected chi connectivity index (χ4v) is 0.642. The summed E-state index contributed by atoms with van der Waals surface area (Å²) in [5.74, 6) is 0. The normalized spacial score (nSPS) is 6.50. The fourth-order valence-electron chi connectivity index (χ4n) is 0.642. The molecule has 0 atom stereocenters. The quantitative estimate of drug-likeness (QED) is 0.442. The second kappa shape index (κ2) is 30.9. The van der Waals surface area contributed by atoms with Crippen LogP contribution in [0, 0.1) is 0 Å². The van der Waals surface area contributed by atoms with E-state index in [0.717, 1.165) is 25.9 Å². The molecule has 0 heterocycles. The van der Waals surface area contributed by atoms with Gasteiger partial charge < -0.3 is 33.4 Å². The van der Waals surface area contributed by atoms with E-state index in [2.05, 4.69) is 0 Å². The number of unbranched alkanes of at least 4 members (excludes halogenated alkanes) is 3. The highest BCUT2D eigenvalue weighted by molar-refractivity contribution is 4.43. The Kier molecular flexibility index (Phi) is 76.7. The summed E-state index contributed by atoms with van der Waals surface area (Å²) < 4.78 is 0. The zero-order valence-corrected chi connectivity index (χ0v) is 7.40. The summed E-state index contributed by atoms with van der Waals surface area (Å²) in [7, 11) is 0. The highest BCUT2D eigenvalue weighted by atomic mass is 16.0. The molecular formula is C6H24N2O4. The predicted octanol–water partition coefficient (Wildman–Crippen LogP) is -2.83. The van der Waals surface area contributed by atoms with E-state index in [1.807, 2.05) is 0 Å². The van der Waals surface area contributed by atoms with Gasteiger partial charge in [0, 0.05) is 0 Å². The van der Waals surface area contributed by atoms with Gasteiger partial charge in [0.05, 0.1) is 0 Å². The molecule has 0 aliphatic heterocycles. The van der Waals surface area contributed by atoms with Crippen LogP contribution in [0.25, 0.3) is 0 Å². The Bertz CT molecular complexity index is 42.5. The molecule has 0 rings (SSSR count). The molecule has 12 N–H and O–H groups in total. The topological polar surface area (TPSA) is 178 Å². The van der Waals surface area contributed by atoms with Crippen LogP contribution in [0.1, 0.15) is 25.7 Å². The first-order valence-electron chi connectivity index (χ1n) is 3.32. The summed E-state index contributed by atoms with van der Waals surface area (Å²) in [6, 6.07) is 0. The van der Waals surface area contributed by atoms with Crippen LogP contribution in [0.4, 0.5) is 0 Å². The Morgan fingerprint density at radius 3 is 0.917 bits per heavy atom. The van der Waals surface area contributed by atoms with E-state index in [1.54, 1.807) is 0 Å². The molecule has 6 heteroatoms. The third-order valence-corrected chi connectivity index (χ3v) is 1.16. The largest absolute Gasteiger partial charge is 0.412 e. The van der Waals surface area contributed by atoms with Crippen LogP contribution in [0.2, 0.25) is 0 Å². The van der Waals surface area contributed by atoms with Gasteiger partial charge in [0.15, 0.2) is 0 Å². The first kappa shape index (κ1) is 29.8. The molecule has 0 unspecified atom stereocenters. The average Bonchev–Trinajstić information content (AvgIpc) is 1.81. The van der Waals surface area contributed by atoms with E-state index in [0.29, 0.717) is 0 Å². The lowest BCUT2D eigenvalue weighted by molar-refractivity contribution is 0.653. The number of hydrogen-bond acceptors (Lipinski definition) is 2. The van der Waals surface area contributed by atoms with Crippen LogP contribution in [-0.4, -0.2) is 35.0 Å². The van der Waals surface area contributed by atoms with Crippen LogP contribution < -0.4 is 11.5 Å². The van der Waals surface area contributed by atoms with Gasteiger partial charge in [-0.15, -0.1) is 0 Å². The molecule has 0 bridgehead atoms. The highest BCUT2D eigenvalue weighted by Crippen LogP contribution is 1.95. The lowest BCUT2D eigenvalue weighted by Gasteiger charge is -1.94. The Morgan fingerprint density at radius 2 is 0.750 bits per heavy atom. The molecule has 0 fully saturated rings. The molecule has 0 amide bonds. The maximum Gasteiger partial charge on any atom is -0.00773 e. The zero-order chi connectivity index (χ0) is 6.24. The van der Waals surface area contributed by atoms with Crippen molar-refractivity contribution < 1.29 is 21.9 Å². The summed E-state index contributed by atoms with van der Waals surface area (Å²) >= 11 is 0. The summed E-state index contributed by atoms with van der Waals surface area (Å²) in [5, 5.41) is 0. The maximum absolute atomic E-state index is 5.28. The van der Waals surface area contributed by atoms with Crippen molar-refractivity contribution in [2.45, 2.75) is 25.7 Å². The second-order valence-electron chi connectivity index (χ2n) is 1.99. The van der Waals surface area contributed by atoms with Gasteiger partial charge in [-0.05, 0) is 25.9 Å². The summed E-state index contributed by atoms with van der Waals surface area (Å²) in [6.45, 7) is 1.65. The van der Waals surface area contributed by atoms with E-state index >= 15 is 0 Å². The summed E-state index contributed by atoms with van der Waals surface area (Å²) in [4.78, 5) is 0. The average molecular weight is 188 g/mol. The van der Waals surface area contributed by atoms with Crippen molar-refractivity contribution in [1.29, 1.82) is 0 Å². The molecule has 0 aliphatic rings. The van der Waals surface area contributed by atoms with E-state index in [4.69, 9.17) is 11.5 Å². The lowest BCUT2D eigenvalue weighted by atomic mass is 10.2. The zero-order valence-electron chi connectivity index (χ0n) is 7.40. The molecule has 6 nitrogen and oxygen atoms in total. The van der Waals surface area contributed by atoms with Gasteiger partial charge in [-0.3, -0.25) is 0 Å². The van der Waals surface area contributed by atoms with Gasteiger partial charge in [-0.1, -0.05) is 12.8 Å². The van der Waals surface area contributed by atoms with Crippen molar-refractivity contribution in [3.05, 3.63) is 0 Å². The van der Waals surface area contributed by atoms with Crippen LogP contribution in [-0.2, 0) is 0 Å². The fraction of sp³-hybridized carbons (Fsp3) is 1.00. The first-order valence-corrected chi connectivity index (χ1v) is 3.32. The minimum Gasteiger partial charge on any atom is -0.412 e. The minimum absolute atomic E-state index is 0. The standard InChI is InChI=1S/C6H16N2.4H2O/c7-5-3-1-2-4-6-8;;;;/h1-8H2;4*1H2. The van der Waals surface area contributed by atoms with Crippen molar-refractivity contribution in [1.82, 2.24) is 0 Å². The molecular weight excluding hydrogens is 164 g/mol. The van der Waals surface area contributed by atoms with Crippen LogP contribution >= 0.6 is 0 Å². The number of hydrogen-bond donors (Lipinski definition) is 2. The van der Waals surface area contributed by atoms with E-state index in [1.165, 1.54) is 12.8 Å². The van der Waals surface area contributed by atoms with Crippen molar-refractivity contribution in [3.8, 4) is 0 Å². The van der Waals surface area contributed by atoms with E-state index in [-0.39, 0.29) is 21.9 Å². The molecule has 0 aliphatic carbocycles. The van der Waals surface area contributed by atoms with Crippen LogP contribution in [0.3, 0.4) is 0 Å². The molecule has 0 aromatic rings. The number of nitrogens with two attached hydrogens (primary N) is 2. The first-order chi connectivity index (χ1) is 3.91. The van der Waals surface area contributed by atoms with Crippen molar-refractivity contribution in [2.24, 2.45) is 11.5 Å². The summed E-state index contributed by atoms with van der Waals surface area (Å²) in [5.41, 5.74) is 10.6. The van der Waals surface area contributed by atoms with Gasteiger partial charge in [-0.25, -0.2) is 0 Å². The molecule has 0 spiro atoms. The van der Waals surface area contributed by atoms with Crippen molar-refractivity contribution >= 4 is 0 Å².